The van der Waals surface area contributed by atoms with Gasteiger partial charge in [-0.05, 0) is 38.1 Å². The molecule has 2 aromatic rings. The maximum Gasteiger partial charge on any atom is 0.275 e. The van der Waals surface area contributed by atoms with E-state index < -0.39 is 5.82 Å². The fourth-order valence-corrected chi connectivity index (χ4v) is 2.08. The number of nitrogens with zero attached hydrogens (tertiary/aromatic N) is 2. The lowest BCUT2D eigenvalue weighted by Gasteiger charge is -2.06. The first-order valence-electron chi connectivity index (χ1n) is 5.54. The Hall–Kier alpha value is -1.82. The van der Waals surface area contributed by atoms with Gasteiger partial charge in [0, 0.05) is 10.2 Å². The summed E-state index contributed by atoms with van der Waals surface area (Å²) in [6, 6.07) is 6.08. The summed E-state index contributed by atoms with van der Waals surface area (Å²) in [5.41, 5.74) is 1.23. The quantitative estimate of drug-likeness (QED) is 0.923. The van der Waals surface area contributed by atoms with Gasteiger partial charge in [0.05, 0.1) is 5.69 Å². The summed E-state index contributed by atoms with van der Waals surface area (Å²) >= 11 is 3.30. The van der Waals surface area contributed by atoms with Gasteiger partial charge in [-0.25, -0.2) is 14.4 Å². The van der Waals surface area contributed by atoms with Crippen molar-refractivity contribution >= 4 is 27.7 Å². The summed E-state index contributed by atoms with van der Waals surface area (Å²) in [7, 11) is 0. The first kappa shape index (κ1) is 13.6. The highest BCUT2D eigenvalue weighted by molar-refractivity contribution is 9.10. The molecule has 1 amide bonds. The number of rotatable bonds is 2. The molecule has 4 nitrogen and oxygen atoms in total. The van der Waals surface area contributed by atoms with Crippen LogP contribution in [0.2, 0.25) is 0 Å². The Morgan fingerprint density at radius 1 is 1.26 bits per heavy atom. The Balaban J connectivity index is 2.22. The van der Waals surface area contributed by atoms with E-state index in [9.17, 15) is 9.18 Å². The summed E-state index contributed by atoms with van der Waals surface area (Å²) in [6.45, 7) is 3.33. The monoisotopic (exact) mass is 323 g/mol. The summed E-state index contributed by atoms with van der Waals surface area (Å²) in [4.78, 5) is 20.0. The van der Waals surface area contributed by atoms with Crippen molar-refractivity contribution in [2.45, 2.75) is 13.8 Å². The first-order chi connectivity index (χ1) is 8.95. The Morgan fingerprint density at radius 3 is 2.63 bits per heavy atom. The third-order valence-corrected chi connectivity index (χ3v) is 2.87. The molecule has 98 valence electrons. The predicted octanol–water partition coefficient (Wildman–Crippen LogP) is 3.25. The van der Waals surface area contributed by atoms with E-state index in [1.807, 2.05) is 0 Å². The lowest BCUT2D eigenvalue weighted by Crippen LogP contribution is -2.15. The van der Waals surface area contributed by atoms with Crippen LogP contribution >= 0.6 is 15.9 Å². The summed E-state index contributed by atoms with van der Waals surface area (Å²) < 4.78 is 13.8. The molecule has 2 rings (SSSR count). The van der Waals surface area contributed by atoms with Crippen molar-refractivity contribution in [1.82, 2.24) is 9.97 Å². The van der Waals surface area contributed by atoms with Crippen LogP contribution in [-0.4, -0.2) is 15.9 Å². The van der Waals surface area contributed by atoms with E-state index in [1.165, 1.54) is 19.1 Å². The van der Waals surface area contributed by atoms with Crippen LogP contribution < -0.4 is 5.32 Å². The van der Waals surface area contributed by atoms with Gasteiger partial charge in [0.15, 0.2) is 0 Å². The van der Waals surface area contributed by atoms with Crippen molar-refractivity contribution in [2.75, 3.05) is 5.32 Å². The molecular weight excluding hydrogens is 313 g/mol. The maximum absolute atomic E-state index is 13.1. The van der Waals surface area contributed by atoms with Gasteiger partial charge in [-0.1, -0.05) is 15.9 Å². The van der Waals surface area contributed by atoms with E-state index in [4.69, 9.17) is 0 Å². The predicted molar refractivity (Wildman–Crippen MR) is 73.6 cm³/mol. The Kier molecular flexibility index (Phi) is 3.90. The highest BCUT2D eigenvalue weighted by Crippen LogP contribution is 2.14. The third-order valence-electron chi connectivity index (χ3n) is 2.41. The smallest absolute Gasteiger partial charge is 0.275 e. The molecule has 0 aliphatic carbocycles. The number of pyridine rings is 2. The molecule has 0 bridgehead atoms. The van der Waals surface area contributed by atoms with Crippen LogP contribution in [0.4, 0.5) is 10.2 Å². The third kappa shape index (κ3) is 3.35. The van der Waals surface area contributed by atoms with Crippen LogP contribution in [0.5, 0.6) is 0 Å². The number of aryl methyl sites for hydroxylation is 2. The summed E-state index contributed by atoms with van der Waals surface area (Å²) in [5, 5.41) is 2.58. The molecule has 0 saturated heterocycles. The number of amides is 1. The SMILES string of the molecule is Cc1cc(Br)cc(C(=O)Nc2ccc(F)c(C)n2)n1. The number of anilines is 1. The van der Waals surface area contributed by atoms with Crippen LogP contribution in [0.25, 0.3) is 0 Å². The van der Waals surface area contributed by atoms with Gasteiger partial charge in [0.25, 0.3) is 5.91 Å². The highest BCUT2D eigenvalue weighted by atomic mass is 79.9. The Labute approximate surface area is 118 Å². The molecule has 2 heterocycles. The molecule has 2 aromatic heterocycles. The molecule has 0 radical (unpaired) electrons. The van der Waals surface area contributed by atoms with Gasteiger partial charge in [0.1, 0.15) is 17.3 Å². The number of hydrogen-bond acceptors (Lipinski definition) is 3. The number of hydrogen-bond donors (Lipinski definition) is 1. The van der Waals surface area contributed by atoms with E-state index in [0.29, 0.717) is 5.82 Å². The average molecular weight is 324 g/mol. The molecule has 0 atom stereocenters. The number of nitrogens with one attached hydrogen (secondary N) is 1. The largest absolute Gasteiger partial charge is 0.305 e. The molecule has 6 heteroatoms. The van der Waals surface area contributed by atoms with Crippen molar-refractivity contribution in [3.8, 4) is 0 Å². The minimum absolute atomic E-state index is 0.233. The average Bonchev–Trinajstić information content (AvgIpc) is 2.32. The van der Waals surface area contributed by atoms with E-state index >= 15 is 0 Å². The molecule has 0 aromatic carbocycles. The van der Waals surface area contributed by atoms with Gasteiger partial charge < -0.3 is 5.32 Å². The lowest BCUT2D eigenvalue weighted by atomic mass is 10.3. The Bertz CT molecular complexity index is 626. The number of carbonyl (C=O) groups excluding carboxylic acids is 1. The summed E-state index contributed by atoms with van der Waals surface area (Å²) in [6.07, 6.45) is 0. The van der Waals surface area contributed by atoms with Crippen LogP contribution in [-0.2, 0) is 0 Å². The second kappa shape index (κ2) is 5.44. The van der Waals surface area contributed by atoms with Gasteiger partial charge in [-0.3, -0.25) is 4.79 Å². The summed E-state index contributed by atoms with van der Waals surface area (Å²) in [5.74, 6) is -0.499. The van der Waals surface area contributed by atoms with Crippen molar-refractivity contribution in [1.29, 1.82) is 0 Å². The zero-order valence-electron chi connectivity index (χ0n) is 10.4. The molecular formula is C13H11BrFN3O. The van der Waals surface area contributed by atoms with Gasteiger partial charge in [-0.2, -0.15) is 0 Å². The number of carbonyl (C=O) groups is 1. The van der Waals surface area contributed by atoms with Gasteiger partial charge in [-0.15, -0.1) is 0 Å². The van der Waals surface area contributed by atoms with Gasteiger partial charge >= 0.3 is 0 Å². The number of aromatic nitrogens is 2. The molecule has 19 heavy (non-hydrogen) atoms. The molecule has 0 fully saturated rings. The second-order valence-electron chi connectivity index (χ2n) is 4.03. The topological polar surface area (TPSA) is 54.9 Å². The van der Waals surface area contributed by atoms with Crippen molar-refractivity contribution in [3.05, 3.63) is 51.6 Å². The zero-order chi connectivity index (χ0) is 14.0. The molecule has 0 aliphatic heterocycles. The van der Waals surface area contributed by atoms with Crippen LogP contribution in [0.15, 0.2) is 28.7 Å². The van der Waals surface area contributed by atoms with Crippen LogP contribution in [0.1, 0.15) is 21.9 Å². The minimum Gasteiger partial charge on any atom is -0.305 e. The van der Waals surface area contributed by atoms with Crippen LogP contribution in [0, 0.1) is 19.7 Å². The molecule has 0 unspecified atom stereocenters. The fourth-order valence-electron chi connectivity index (χ4n) is 1.54. The lowest BCUT2D eigenvalue weighted by molar-refractivity contribution is 0.102. The van der Waals surface area contributed by atoms with Gasteiger partial charge in [0.2, 0.25) is 0 Å². The zero-order valence-corrected chi connectivity index (χ0v) is 12.0. The normalized spacial score (nSPS) is 10.3. The second-order valence-corrected chi connectivity index (χ2v) is 4.95. The maximum atomic E-state index is 13.1. The molecule has 0 spiro atoms. The van der Waals surface area contributed by atoms with E-state index in [-0.39, 0.29) is 17.3 Å². The fraction of sp³-hybridized carbons (Fsp3) is 0.154. The van der Waals surface area contributed by atoms with Crippen molar-refractivity contribution in [3.63, 3.8) is 0 Å². The molecule has 0 saturated carbocycles. The standard InChI is InChI=1S/C13H11BrFN3O/c1-7-5-9(14)6-11(16-7)13(19)18-12-4-3-10(15)8(2)17-12/h3-6H,1-2H3,(H,17,18,19). The highest BCUT2D eigenvalue weighted by Gasteiger charge is 2.10. The minimum atomic E-state index is -0.408. The molecule has 0 aliphatic rings. The van der Waals surface area contributed by atoms with Crippen molar-refractivity contribution in [2.24, 2.45) is 0 Å². The molecule has 1 N–H and O–H groups in total. The van der Waals surface area contributed by atoms with Crippen molar-refractivity contribution < 1.29 is 9.18 Å². The van der Waals surface area contributed by atoms with E-state index in [1.54, 1.807) is 19.1 Å². The number of halogens is 2. The Morgan fingerprint density at radius 2 is 2.00 bits per heavy atom. The van der Waals surface area contributed by atoms with Crippen LogP contribution in [0.3, 0.4) is 0 Å². The van der Waals surface area contributed by atoms with E-state index in [2.05, 4.69) is 31.2 Å². The van der Waals surface area contributed by atoms with E-state index in [0.717, 1.165) is 10.2 Å². The first-order valence-corrected chi connectivity index (χ1v) is 6.33.